The number of hydrogen-bond acceptors (Lipinski definition) is 3. The molecule has 1 atom stereocenters. The van der Waals surface area contributed by atoms with Crippen molar-refractivity contribution < 1.29 is 5.11 Å². The van der Waals surface area contributed by atoms with E-state index in [1.54, 1.807) is 6.07 Å². The standard InChI is InChI=1S/C17H25BrN2O/c18-16-7-6-14(21)12-15(16)17(13-4-2-1-3-5-13)20-10-8-19-9-11-20/h6-7,12-13,17,19,21H,1-5,8-11H2/t17-/m0/s1. The largest absolute Gasteiger partial charge is 0.508 e. The van der Waals surface area contributed by atoms with Gasteiger partial charge in [0.05, 0.1) is 0 Å². The average Bonchev–Trinajstić information content (AvgIpc) is 2.53. The minimum absolute atomic E-state index is 0.379. The molecule has 2 aliphatic rings. The molecule has 0 unspecified atom stereocenters. The van der Waals surface area contributed by atoms with Crippen LogP contribution in [-0.4, -0.2) is 36.2 Å². The Labute approximate surface area is 135 Å². The number of aromatic hydroxyl groups is 1. The van der Waals surface area contributed by atoms with Gasteiger partial charge in [0, 0.05) is 36.7 Å². The van der Waals surface area contributed by atoms with Crippen LogP contribution in [0.2, 0.25) is 0 Å². The highest BCUT2D eigenvalue weighted by molar-refractivity contribution is 9.10. The number of nitrogens with zero attached hydrogens (tertiary/aromatic N) is 1. The van der Waals surface area contributed by atoms with Crippen molar-refractivity contribution in [1.29, 1.82) is 0 Å². The highest BCUT2D eigenvalue weighted by Gasteiger charge is 2.32. The molecule has 116 valence electrons. The summed E-state index contributed by atoms with van der Waals surface area (Å²) in [6.07, 6.45) is 6.72. The average molecular weight is 353 g/mol. The van der Waals surface area contributed by atoms with Crippen molar-refractivity contribution in [2.24, 2.45) is 5.92 Å². The summed E-state index contributed by atoms with van der Waals surface area (Å²) >= 11 is 3.71. The number of phenols is 1. The van der Waals surface area contributed by atoms with E-state index in [4.69, 9.17) is 0 Å². The van der Waals surface area contributed by atoms with Gasteiger partial charge in [0.1, 0.15) is 5.75 Å². The fraction of sp³-hybridized carbons (Fsp3) is 0.647. The zero-order valence-corrected chi connectivity index (χ0v) is 14.1. The maximum atomic E-state index is 9.93. The fourth-order valence-corrected chi connectivity index (χ4v) is 4.40. The first kappa shape index (κ1) is 15.3. The van der Waals surface area contributed by atoms with Crippen molar-refractivity contribution >= 4 is 15.9 Å². The van der Waals surface area contributed by atoms with Crippen LogP contribution in [0.25, 0.3) is 0 Å². The molecule has 4 heteroatoms. The lowest BCUT2D eigenvalue weighted by Crippen LogP contribution is -2.47. The molecular weight excluding hydrogens is 328 g/mol. The minimum atomic E-state index is 0.379. The molecule has 0 radical (unpaired) electrons. The number of nitrogens with one attached hydrogen (secondary N) is 1. The van der Waals surface area contributed by atoms with Crippen LogP contribution in [0.5, 0.6) is 5.75 Å². The highest BCUT2D eigenvalue weighted by atomic mass is 79.9. The monoisotopic (exact) mass is 352 g/mol. The first-order chi connectivity index (χ1) is 10.3. The summed E-state index contributed by atoms with van der Waals surface area (Å²) in [5, 5.41) is 13.4. The minimum Gasteiger partial charge on any atom is -0.508 e. The fourth-order valence-electron chi connectivity index (χ4n) is 3.92. The Morgan fingerprint density at radius 2 is 1.86 bits per heavy atom. The lowest BCUT2D eigenvalue weighted by atomic mass is 9.80. The topological polar surface area (TPSA) is 35.5 Å². The number of phenolic OH excluding ortho intramolecular Hbond substituents is 1. The third kappa shape index (κ3) is 3.61. The molecule has 1 aromatic rings. The van der Waals surface area contributed by atoms with Gasteiger partial charge in [-0.15, -0.1) is 0 Å². The van der Waals surface area contributed by atoms with Gasteiger partial charge in [0.2, 0.25) is 0 Å². The van der Waals surface area contributed by atoms with Crippen molar-refractivity contribution in [3.8, 4) is 5.75 Å². The zero-order valence-electron chi connectivity index (χ0n) is 12.5. The molecule has 2 fully saturated rings. The number of piperazine rings is 1. The molecule has 3 rings (SSSR count). The Kier molecular flexibility index (Phi) is 5.19. The molecule has 1 aliphatic heterocycles. The second-order valence-electron chi connectivity index (χ2n) is 6.33. The van der Waals surface area contributed by atoms with E-state index in [0.29, 0.717) is 11.8 Å². The second-order valence-corrected chi connectivity index (χ2v) is 7.19. The number of rotatable bonds is 3. The van der Waals surface area contributed by atoms with Gasteiger partial charge >= 0.3 is 0 Å². The van der Waals surface area contributed by atoms with Crippen LogP contribution in [0.4, 0.5) is 0 Å². The number of hydrogen-bond donors (Lipinski definition) is 2. The van der Waals surface area contributed by atoms with Crippen LogP contribution in [0, 0.1) is 5.92 Å². The molecule has 0 amide bonds. The van der Waals surface area contributed by atoms with Gasteiger partial charge in [-0.1, -0.05) is 35.2 Å². The van der Waals surface area contributed by atoms with Gasteiger partial charge in [-0.05, 0) is 42.5 Å². The van der Waals surface area contributed by atoms with E-state index in [9.17, 15) is 5.11 Å². The van der Waals surface area contributed by atoms with Crippen LogP contribution in [-0.2, 0) is 0 Å². The van der Waals surface area contributed by atoms with Crippen molar-refractivity contribution in [1.82, 2.24) is 10.2 Å². The van der Waals surface area contributed by atoms with Gasteiger partial charge in [-0.3, -0.25) is 4.90 Å². The van der Waals surface area contributed by atoms with Gasteiger partial charge in [-0.25, -0.2) is 0 Å². The normalized spacial score (nSPS) is 23.1. The summed E-state index contributed by atoms with van der Waals surface area (Å²) in [5.41, 5.74) is 1.27. The van der Waals surface area contributed by atoms with Crippen molar-refractivity contribution in [2.75, 3.05) is 26.2 Å². The molecule has 1 aromatic carbocycles. The lowest BCUT2D eigenvalue weighted by molar-refractivity contribution is 0.103. The predicted molar refractivity (Wildman–Crippen MR) is 89.6 cm³/mol. The van der Waals surface area contributed by atoms with E-state index in [-0.39, 0.29) is 0 Å². The van der Waals surface area contributed by atoms with Gasteiger partial charge in [0.25, 0.3) is 0 Å². The zero-order chi connectivity index (χ0) is 14.7. The van der Waals surface area contributed by atoms with Crippen LogP contribution < -0.4 is 5.32 Å². The SMILES string of the molecule is Oc1ccc(Br)c([C@H](C2CCCCC2)N2CCNCC2)c1. The Hall–Kier alpha value is -0.580. The second kappa shape index (κ2) is 7.12. The maximum Gasteiger partial charge on any atom is 0.115 e. The molecular formula is C17H25BrN2O. The molecule has 3 nitrogen and oxygen atoms in total. The molecule has 2 N–H and O–H groups in total. The molecule has 1 aliphatic carbocycles. The van der Waals surface area contributed by atoms with Crippen molar-refractivity contribution in [2.45, 2.75) is 38.1 Å². The van der Waals surface area contributed by atoms with E-state index in [0.717, 1.165) is 36.6 Å². The van der Waals surface area contributed by atoms with E-state index in [1.165, 1.54) is 37.7 Å². The molecule has 0 spiro atoms. The van der Waals surface area contributed by atoms with Crippen LogP contribution >= 0.6 is 15.9 Å². The summed E-state index contributed by atoms with van der Waals surface area (Å²) in [7, 11) is 0. The van der Waals surface area contributed by atoms with Gasteiger partial charge in [0.15, 0.2) is 0 Å². The first-order valence-corrected chi connectivity index (χ1v) is 8.98. The number of benzene rings is 1. The molecule has 1 saturated heterocycles. The van der Waals surface area contributed by atoms with E-state index < -0.39 is 0 Å². The Morgan fingerprint density at radius 1 is 1.14 bits per heavy atom. The van der Waals surface area contributed by atoms with Crippen LogP contribution in [0.3, 0.4) is 0 Å². The Bertz CT molecular complexity index is 450. The molecule has 1 heterocycles. The van der Waals surface area contributed by atoms with E-state index in [1.807, 2.05) is 12.1 Å². The summed E-state index contributed by atoms with van der Waals surface area (Å²) < 4.78 is 1.13. The summed E-state index contributed by atoms with van der Waals surface area (Å²) in [6.45, 7) is 4.34. The molecule has 0 aromatic heterocycles. The van der Waals surface area contributed by atoms with Crippen LogP contribution in [0.1, 0.15) is 43.7 Å². The molecule has 21 heavy (non-hydrogen) atoms. The third-order valence-corrected chi connectivity index (χ3v) is 5.66. The summed E-state index contributed by atoms with van der Waals surface area (Å²) in [5.74, 6) is 1.10. The third-order valence-electron chi connectivity index (χ3n) is 4.94. The smallest absolute Gasteiger partial charge is 0.115 e. The maximum absolute atomic E-state index is 9.93. The quantitative estimate of drug-likeness (QED) is 0.870. The highest BCUT2D eigenvalue weighted by Crippen LogP contribution is 2.41. The predicted octanol–water partition coefficient (Wildman–Crippen LogP) is 3.68. The summed E-state index contributed by atoms with van der Waals surface area (Å²) in [4.78, 5) is 2.62. The lowest BCUT2D eigenvalue weighted by Gasteiger charge is -2.41. The molecule has 1 saturated carbocycles. The first-order valence-electron chi connectivity index (χ1n) is 8.19. The van der Waals surface area contributed by atoms with Crippen LogP contribution in [0.15, 0.2) is 22.7 Å². The van der Waals surface area contributed by atoms with Gasteiger partial charge in [-0.2, -0.15) is 0 Å². The molecule has 0 bridgehead atoms. The van der Waals surface area contributed by atoms with E-state index >= 15 is 0 Å². The Balaban J connectivity index is 1.91. The summed E-state index contributed by atoms with van der Waals surface area (Å²) in [6, 6.07) is 6.16. The Morgan fingerprint density at radius 3 is 2.57 bits per heavy atom. The van der Waals surface area contributed by atoms with Gasteiger partial charge < -0.3 is 10.4 Å². The van der Waals surface area contributed by atoms with E-state index in [2.05, 4.69) is 26.1 Å². The van der Waals surface area contributed by atoms with Crippen molar-refractivity contribution in [3.63, 3.8) is 0 Å². The number of halogens is 1. The van der Waals surface area contributed by atoms with Crippen molar-refractivity contribution in [3.05, 3.63) is 28.2 Å².